The van der Waals surface area contributed by atoms with Gasteiger partial charge < -0.3 is 4.98 Å². The Kier molecular flexibility index (Phi) is 2.00. The molecule has 0 aliphatic heterocycles. The van der Waals surface area contributed by atoms with Gasteiger partial charge in [0.25, 0.3) is 0 Å². The lowest BCUT2D eigenvalue weighted by molar-refractivity contribution is 0.737. The molecule has 0 amide bonds. The van der Waals surface area contributed by atoms with Gasteiger partial charge in [0.2, 0.25) is 0 Å². The van der Waals surface area contributed by atoms with Crippen LogP contribution in [-0.2, 0) is 0 Å². The van der Waals surface area contributed by atoms with Crippen molar-refractivity contribution in [1.82, 2.24) is 15.0 Å². The number of hydrogen-bond donors (Lipinski definition) is 1. The molecule has 0 aliphatic carbocycles. The van der Waals surface area contributed by atoms with E-state index >= 15 is 0 Å². The van der Waals surface area contributed by atoms with Gasteiger partial charge in [-0.2, -0.15) is 0 Å². The first-order valence-corrected chi connectivity index (χ1v) is 4.61. The van der Waals surface area contributed by atoms with Crippen LogP contribution in [0.15, 0.2) is 18.6 Å². The monoisotopic (exact) mass is 175 g/mol. The number of aromatic nitrogens is 3. The second kappa shape index (κ2) is 3.17. The van der Waals surface area contributed by atoms with Gasteiger partial charge in [-0.05, 0) is 24.0 Å². The Labute approximate surface area is 77.2 Å². The molecule has 0 fully saturated rings. The Bertz CT molecular complexity index is 405. The van der Waals surface area contributed by atoms with Gasteiger partial charge in [0.1, 0.15) is 5.52 Å². The predicted octanol–water partition coefficient (Wildman–Crippen LogP) is 2.47. The third kappa shape index (κ3) is 1.30. The van der Waals surface area contributed by atoms with Crippen molar-refractivity contribution in [3.63, 3.8) is 0 Å². The maximum atomic E-state index is 4.27. The molecule has 3 heteroatoms. The molecule has 3 nitrogen and oxygen atoms in total. The van der Waals surface area contributed by atoms with E-state index in [2.05, 4.69) is 34.9 Å². The number of imidazole rings is 1. The van der Waals surface area contributed by atoms with Crippen LogP contribution in [0.5, 0.6) is 0 Å². The van der Waals surface area contributed by atoms with E-state index in [1.54, 1.807) is 6.33 Å². The van der Waals surface area contributed by atoms with Gasteiger partial charge in [-0.3, -0.25) is 0 Å². The summed E-state index contributed by atoms with van der Waals surface area (Å²) in [6.45, 7) is 4.40. The number of rotatable bonds is 2. The summed E-state index contributed by atoms with van der Waals surface area (Å²) in [6, 6.07) is 2.05. The molecule has 2 rings (SSSR count). The average molecular weight is 175 g/mol. The maximum absolute atomic E-state index is 4.27. The molecule has 2 heterocycles. The Morgan fingerprint density at radius 2 is 2.31 bits per heavy atom. The fraction of sp³-hybridized carbons (Fsp3) is 0.400. The highest BCUT2D eigenvalue weighted by atomic mass is 14.9. The molecule has 2 aromatic heterocycles. The van der Waals surface area contributed by atoms with E-state index in [1.807, 2.05) is 6.20 Å². The van der Waals surface area contributed by atoms with Crippen molar-refractivity contribution >= 4 is 11.2 Å². The second-order valence-electron chi connectivity index (χ2n) is 3.31. The number of pyridine rings is 1. The van der Waals surface area contributed by atoms with Gasteiger partial charge in [-0.15, -0.1) is 0 Å². The van der Waals surface area contributed by atoms with Gasteiger partial charge in [-0.25, -0.2) is 9.97 Å². The van der Waals surface area contributed by atoms with Crippen LogP contribution in [0.1, 0.15) is 31.7 Å². The van der Waals surface area contributed by atoms with E-state index < -0.39 is 0 Å². The third-order valence-electron chi connectivity index (χ3n) is 2.49. The van der Waals surface area contributed by atoms with Crippen LogP contribution in [0.4, 0.5) is 0 Å². The van der Waals surface area contributed by atoms with Crippen LogP contribution in [0.2, 0.25) is 0 Å². The zero-order chi connectivity index (χ0) is 9.26. The second-order valence-corrected chi connectivity index (χ2v) is 3.31. The molecule has 0 saturated heterocycles. The number of nitrogens with zero attached hydrogens (tertiary/aromatic N) is 2. The van der Waals surface area contributed by atoms with Crippen LogP contribution in [-0.4, -0.2) is 15.0 Å². The molecular formula is C10H13N3. The minimum absolute atomic E-state index is 0.550. The lowest BCUT2D eigenvalue weighted by Gasteiger charge is -2.08. The molecule has 1 N–H and O–H groups in total. The first kappa shape index (κ1) is 8.23. The number of H-pyrrole nitrogens is 1. The summed E-state index contributed by atoms with van der Waals surface area (Å²) < 4.78 is 0. The molecule has 0 bridgehead atoms. The van der Waals surface area contributed by atoms with Crippen LogP contribution < -0.4 is 0 Å². The van der Waals surface area contributed by atoms with Crippen molar-refractivity contribution in [2.45, 2.75) is 26.2 Å². The SMILES string of the molecule is CCC(C)c1ccnc2[nH]cnc12. The van der Waals surface area contributed by atoms with Crippen molar-refractivity contribution in [1.29, 1.82) is 0 Å². The number of hydrogen-bond acceptors (Lipinski definition) is 2. The summed E-state index contributed by atoms with van der Waals surface area (Å²) in [7, 11) is 0. The highest BCUT2D eigenvalue weighted by Crippen LogP contribution is 2.23. The predicted molar refractivity (Wildman–Crippen MR) is 52.6 cm³/mol. The van der Waals surface area contributed by atoms with Gasteiger partial charge in [-0.1, -0.05) is 13.8 Å². The Balaban J connectivity index is 2.60. The molecule has 0 aromatic carbocycles. The minimum atomic E-state index is 0.550. The van der Waals surface area contributed by atoms with Crippen LogP contribution in [0, 0.1) is 0 Å². The molecule has 1 unspecified atom stereocenters. The quantitative estimate of drug-likeness (QED) is 0.761. The summed E-state index contributed by atoms with van der Waals surface area (Å²) in [4.78, 5) is 11.5. The smallest absolute Gasteiger partial charge is 0.157 e. The van der Waals surface area contributed by atoms with Gasteiger partial charge in [0.05, 0.1) is 6.33 Å². The van der Waals surface area contributed by atoms with Gasteiger partial charge in [0, 0.05) is 6.20 Å². The van der Waals surface area contributed by atoms with E-state index in [1.165, 1.54) is 5.56 Å². The average Bonchev–Trinajstić information content (AvgIpc) is 2.63. The van der Waals surface area contributed by atoms with Crippen molar-refractivity contribution in [2.75, 3.05) is 0 Å². The third-order valence-corrected chi connectivity index (χ3v) is 2.49. The Hall–Kier alpha value is -1.38. The first-order chi connectivity index (χ1) is 6.33. The Morgan fingerprint density at radius 3 is 3.08 bits per heavy atom. The highest BCUT2D eigenvalue weighted by molar-refractivity contribution is 5.74. The van der Waals surface area contributed by atoms with E-state index in [-0.39, 0.29) is 0 Å². The molecule has 1 atom stereocenters. The molecule has 0 spiro atoms. The van der Waals surface area contributed by atoms with Gasteiger partial charge >= 0.3 is 0 Å². The van der Waals surface area contributed by atoms with Crippen LogP contribution in [0.3, 0.4) is 0 Å². The summed E-state index contributed by atoms with van der Waals surface area (Å²) in [6.07, 6.45) is 4.66. The van der Waals surface area contributed by atoms with Crippen molar-refractivity contribution in [3.05, 3.63) is 24.2 Å². The lowest BCUT2D eigenvalue weighted by atomic mass is 9.99. The number of nitrogens with one attached hydrogen (secondary N) is 1. The molecule has 68 valence electrons. The zero-order valence-corrected chi connectivity index (χ0v) is 7.91. The van der Waals surface area contributed by atoms with Gasteiger partial charge in [0.15, 0.2) is 5.65 Å². The normalized spacial score (nSPS) is 13.4. The van der Waals surface area contributed by atoms with Crippen molar-refractivity contribution in [3.8, 4) is 0 Å². The van der Waals surface area contributed by atoms with Crippen molar-refractivity contribution < 1.29 is 0 Å². The summed E-state index contributed by atoms with van der Waals surface area (Å²) in [5.74, 6) is 0.550. The Morgan fingerprint density at radius 1 is 1.46 bits per heavy atom. The summed E-state index contributed by atoms with van der Waals surface area (Å²) in [5, 5.41) is 0. The topological polar surface area (TPSA) is 41.6 Å². The standard InChI is InChI=1S/C10H13N3/c1-3-7(2)8-4-5-11-10-9(8)12-6-13-10/h4-7H,3H2,1-2H3,(H,11,12,13). The first-order valence-electron chi connectivity index (χ1n) is 4.61. The summed E-state index contributed by atoms with van der Waals surface area (Å²) in [5.41, 5.74) is 3.18. The number of fused-ring (bicyclic) bond motifs is 1. The highest BCUT2D eigenvalue weighted by Gasteiger charge is 2.09. The summed E-state index contributed by atoms with van der Waals surface area (Å²) >= 11 is 0. The molecule has 0 aliphatic rings. The van der Waals surface area contributed by atoms with E-state index in [0.29, 0.717) is 5.92 Å². The van der Waals surface area contributed by atoms with E-state index in [9.17, 15) is 0 Å². The molecule has 0 saturated carbocycles. The van der Waals surface area contributed by atoms with Crippen LogP contribution in [0.25, 0.3) is 11.2 Å². The fourth-order valence-electron chi connectivity index (χ4n) is 1.49. The number of aromatic amines is 1. The molecule has 0 radical (unpaired) electrons. The van der Waals surface area contributed by atoms with Crippen LogP contribution >= 0.6 is 0 Å². The molecular weight excluding hydrogens is 162 g/mol. The zero-order valence-electron chi connectivity index (χ0n) is 7.91. The minimum Gasteiger partial charge on any atom is -0.329 e. The maximum Gasteiger partial charge on any atom is 0.157 e. The lowest BCUT2D eigenvalue weighted by Crippen LogP contribution is -1.93. The fourth-order valence-corrected chi connectivity index (χ4v) is 1.49. The molecule has 13 heavy (non-hydrogen) atoms. The van der Waals surface area contributed by atoms with E-state index in [0.717, 1.165) is 17.6 Å². The largest absolute Gasteiger partial charge is 0.329 e. The molecule has 2 aromatic rings. The van der Waals surface area contributed by atoms with E-state index in [4.69, 9.17) is 0 Å². The van der Waals surface area contributed by atoms with Crippen molar-refractivity contribution in [2.24, 2.45) is 0 Å².